The third-order valence-corrected chi connectivity index (χ3v) is 5.24. The van der Waals surface area contributed by atoms with Crippen LogP contribution in [0.15, 0.2) is 71.5 Å². The molecule has 32 heavy (non-hydrogen) atoms. The molecule has 1 heterocycles. The van der Waals surface area contributed by atoms with E-state index in [4.69, 9.17) is 5.73 Å². The fraction of sp³-hybridized carbons (Fsp3) is 0.130. The number of fused-ring (bicyclic) bond motifs is 1. The number of para-hydroxylation sites is 2. The molecule has 0 atom stereocenters. The molecule has 0 aliphatic heterocycles. The average Bonchev–Trinajstić information content (AvgIpc) is 2.99. The zero-order valence-electron chi connectivity index (χ0n) is 17.0. The van der Waals surface area contributed by atoms with Gasteiger partial charge >= 0.3 is 11.9 Å². The second kappa shape index (κ2) is 7.92. The number of rotatable bonds is 4. The number of carbonyl (C=O) groups excluding carboxylic acids is 1. The molecule has 0 fully saturated rings. The minimum atomic E-state index is -4.51. The molecule has 0 bridgehead atoms. The van der Waals surface area contributed by atoms with E-state index in [0.29, 0.717) is 28.0 Å². The molecule has 4 rings (SSSR count). The van der Waals surface area contributed by atoms with E-state index in [0.717, 1.165) is 12.1 Å². The number of nitrogens with zero attached hydrogens (tertiary/aromatic N) is 2. The molecule has 0 saturated carbocycles. The van der Waals surface area contributed by atoms with Gasteiger partial charge < -0.3 is 11.1 Å². The molecule has 3 aromatic carbocycles. The van der Waals surface area contributed by atoms with Crippen LogP contribution in [-0.4, -0.2) is 15.0 Å². The van der Waals surface area contributed by atoms with Crippen LogP contribution in [-0.2, 0) is 19.8 Å². The predicted octanol–water partition coefficient (Wildman–Crippen LogP) is 4.24. The maximum atomic E-state index is 13.1. The number of hydrogen-bond donors (Lipinski definition) is 2. The third-order valence-electron chi connectivity index (χ3n) is 5.24. The molecule has 0 radical (unpaired) electrons. The molecule has 164 valence electrons. The summed E-state index contributed by atoms with van der Waals surface area (Å²) in [6.07, 6.45) is -4.51. The molecule has 6 nitrogen and oxygen atoms in total. The van der Waals surface area contributed by atoms with Crippen LogP contribution >= 0.6 is 0 Å². The van der Waals surface area contributed by atoms with Gasteiger partial charge in [0, 0.05) is 12.6 Å². The van der Waals surface area contributed by atoms with Gasteiger partial charge in [0.15, 0.2) is 0 Å². The minimum absolute atomic E-state index is 0.0605. The van der Waals surface area contributed by atoms with Gasteiger partial charge in [-0.1, -0.05) is 24.3 Å². The monoisotopic (exact) mass is 440 g/mol. The van der Waals surface area contributed by atoms with Crippen molar-refractivity contribution >= 4 is 28.3 Å². The fourth-order valence-electron chi connectivity index (χ4n) is 3.49. The number of amides is 1. The highest BCUT2D eigenvalue weighted by atomic mass is 19.4. The Labute approximate surface area is 180 Å². The number of alkyl halides is 3. The van der Waals surface area contributed by atoms with Crippen molar-refractivity contribution in [1.82, 2.24) is 9.13 Å². The smallest absolute Gasteiger partial charge is 0.397 e. The van der Waals surface area contributed by atoms with Crippen LogP contribution in [0.5, 0.6) is 0 Å². The summed E-state index contributed by atoms with van der Waals surface area (Å²) in [6, 6.07) is 16.6. The first kappa shape index (κ1) is 21.2. The van der Waals surface area contributed by atoms with Gasteiger partial charge in [0.1, 0.15) is 0 Å². The van der Waals surface area contributed by atoms with Crippen LogP contribution in [0.3, 0.4) is 0 Å². The largest absolute Gasteiger partial charge is 0.416 e. The summed E-state index contributed by atoms with van der Waals surface area (Å²) in [7, 11) is 1.51. The topological polar surface area (TPSA) is 82.0 Å². The van der Waals surface area contributed by atoms with E-state index >= 15 is 0 Å². The number of hydrogen-bond acceptors (Lipinski definition) is 3. The summed E-state index contributed by atoms with van der Waals surface area (Å²) < 4.78 is 42.0. The SMILES string of the molecule is Cn1c(=O)n(Cc2ccc(C(=O)Nc3ccccc3N)cc2)c2cc(C(F)(F)F)ccc21. The summed E-state index contributed by atoms with van der Waals surface area (Å²) in [5, 5.41) is 2.72. The molecule has 1 aromatic heterocycles. The lowest BCUT2D eigenvalue weighted by atomic mass is 10.1. The summed E-state index contributed by atoms with van der Waals surface area (Å²) >= 11 is 0. The number of nitrogens with one attached hydrogen (secondary N) is 1. The van der Waals surface area contributed by atoms with Crippen LogP contribution in [0.4, 0.5) is 24.5 Å². The van der Waals surface area contributed by atoms with Crippen molar-refractivity contribution in [3.8, 4) is 0 Å². The van der Waals surface area contributed by atoms with E-state index in [2.05, 4.69) is 5.32 Å². The van der Waals surface area contributed by atoms with Crippen LogP contribution in [0, 0.1) is 0 Å². The Morgan fingerprint density at radius 2 is 1.69 bits per heavy atom. The van der Waals surface area contributed by atoms with E-state index in [1.165, 1.54) is 22.2 Å². The zero-order chi connectivity index (χ0) is 23.0. The number of aromatic nitrogens is 2. The predicted molar refractivity (Wildman–Crippen MR) is 117 cm³/mol. The second-order valence-electron chi connectivity index (χ2n) is 7.37. The molecule has 3 N–H and O–H groups in total. The minimum Gasteiger partial charge on any atom is -0.397 e. The summed E-state index contributed by atoms with van der Waals surface area (Å²) in [4.78, 5) is 25.1. The number of carbonyl (C=O) groups is 1. The van der Waals surface area contributed by atoms with Gasteiger partial charge in [0.05, 0.1) is 34.5 Å². The maximum absolute atomic E-state index is 13.1. The Bertz CT molecular complexity index is 1370. The van der Waals surface area contributed by atoms with Crippen molar-refractivity contribution in [2.75, 3.05) is 11.1 Å². The first-order valence-corrected chi connectivity index (χ1v) is 9.66. The van der Waals surface area contributed by atoms with Gasteiger partial charge in [0.2, 0.25) is 0 Å². The number of halogens is 3. The quantitative estimate of drug-likeness (QED) is 0.466. The standard InChI is InChI=1S/C23H19F3N4O2/c1-29-19-11-10-16(23(24,25)26)12-20(19)30(22(29)32)13-14-6-8-15(9-7-14)21(31)28-18-5-3-2-4-17(18)27/h2-12H,13,27H2,1H3,(H,28,31). The summed E-state index contributed by atoms with van der Waals surface area (Å²) in [5.74, 6) is -0.355. The Balaban J connectivity index is 1.61. The second-order valence-corrected chi connectivity index (χ2v) is 7.37. The highest BCUT2D eigenvalue weighted by molar-refractivity contribution is 6.05. The molecule has 0 aliphatic carbocycles. The number of imidazole rings is 1. The number of nitrogen functional groups attached to an aromatic ring is 1. The van der Waals surface area contributed by atoms with E-state index in [9.17, 15) is 22.8 Å². The van der Waals surface area contributed by atoms with E-state index < -0.39 is 17.4 Å². The number of nitrogens with two attached hydrogens (primary N) is 1. The average molecular weight is 440 g/mol. The third kappa shape index (κ3) is 3.96. The van der Waals surface area contributed by atoms with Gasteiger partial charge in [0.25, 0.3) is 5.91 Å². The van der Waals surface area contributed by atoms with Crippen molar-refractivity contribution in [2.45, 2.75) is 12.7 Å². The van der Waals surface area contributed by atoms with Gasteiger partial charge in [-0.25, -0.2) is 4.79 Å². The molecule has 0 aliphatic rings. The van der Waals surface area contributed by atoms with Crippen LogP contribution < -0.4 is 16.7 Å². The van der Waals surface area contributed by atoms with Crippen molar-refractivity contribution < 1.29 is 18.0 Å². The van der Waals surface area contributed by atoms with Crippen molar-refractivity contribution in [1.29, 1.82) is 0 Å². The molecule has 1 amide bonds. The highest BCUT2D eigenvalue weighted by Crippen LogP contribution is 2.31. The van der Waals surface area contributed by atoms with Gasteiger partial charge in [-0.15, -0.1) is 0 Å². The summed E-state index contributed by atoms with van der Waals surface area (Å²) in [5.41, 5.74) is 7.14. The van der Waals surface area contributed by atoms with Gasteiger partial charge in [-0.05, 0) is 48.0 Å². The Morgan fingerprint density at radius 3 is 2.34 bits per heavy atom. The highest BCUT2D eigenvalue weighted by Gasteiger charge is 2.31. The lowest BCUT2D eigenvalue weighted by Crippen LogP contribution is -2.22. The molecule has 0 unspecified atom stereocenters. The van der Waals surface area contributed by atoms with Crippen molar-refractivity contribution in [3.63, 3.8) is 0 Å². The molecule has 9 heteroatoms. The normalized spacial score (nSPS) is 11.6. The molecule has 0 saturated heterocycles. The fourth-order valence-corrected chi connectivity index (χ4v) is 3.49. The lowest BCUT2D eigenvalue weighted by molar-refractivity contribution is -0.137. The molecule has 4 aromatic rings. The van der Waals surface area contributed by atoms with E-state index in [1.54, 1.807) is 48.5 Å². The molecule has 0 spiro atoms. The van der Waals surface area contributed by atoms with Crippen LogP contribution in [0.25, 0.3) is 11.0 Å². The number of benzene rings is 3. The van der Waals surface area contributed by atoms with Crippen molar-refractivity contribution in [3.05, 3.63) is 93.9 Å². The van der Waals surface area contributed by atoms with Crippen LogP contribution in [0.2, 0.25) is 0 Å². The summed E-state index contributed by atoms with van der Waals surface area (Å²) in [6.45, 7) is 0.0605. The Hall–Kier alpha value is -4.01. The van der Waals surface area contributed by atoms with Gasteiger partial charge in [-0.2, -0.15) is 13.2 Å². The first-order chi connectivity index (χ1) is 15.1. The number of anilines is 2. The zero-order valence-corrected chi connectivity index (χ0v) is 17.0. The lowest BCUT2D eigenvalue weighted by Gasteiger charge is -2.10. The maximum Gasteiger partial charge on any atom is 0.416 e. The Morgan fingerprint density at radius 1 is 1.00 bits per heavy atom. The number of aryl methyl sites for hydroxylation is 1. The van der Waals surface area contributed by atoms with E-state index in [1.807, 2.05) is 0 Å². The van der Waals surface area contributed by atoms with E-state index in [-0.39, 0.29) is 18.0 Å². The Kier molecular flexibility index (Phi) is 5.25. The first-order valence-electron chi connectivity index (χ1n) is 9.66. The van der Waals surface area contributed by atoms with Crippen molar-refractivity contribution in [2.24, 2.45) is 7.05 Å². The molecular weight excluding hydrogens is 421 g/mol. The van der Waals surface area contributed by atoms with Gasteiger partial charge in [-0.3, -0.25) is 13.9 Å². The molecular formula is C23H19F3N4O2. The van der Waals surface area contributed by atoms with Crippen LogP contribution in [0.1, 0.15) is 21.5 Å².